The number of carbonyl (C=O) groups excluding carboxylic acids is 1. The standard InChI is InChI=1S/C16H18N2O3/c1-11(16(20)21)12(2)17-15(19)13-5-7-14(8-6-13)18-9-3-4-10-18/h3-12H,1-2H3,(H,17,19)(H,20,21). The van der Waals surface area contributed by atoms with Crippen LogP contribution in [0.2, 0.25) is 0 Å². The molecule has 0 aliphatic carbocycles. The van der Waals surface area contributed by atoms with Gasteiger partial charge in [0.05, 0.1) is 5.92 Å². The quantitative estimate of drug-likeness (QED) is 0.886. The Morgan fingerprint density at radius 3 is 2.19 bits per heavy atom. The second-order valence-electron chi connectivity index (χ2n) is 5.03. The Bertz CT molecular complexity index is 617. The van der Waals surface area contributed by atoms with Crippen molar-refractivity contribution in [2.45, 2.75) is 19.9 Å². The Kier molecular flexibility index (Phi) is 4.42. The van der Waals surface area contributed by atoms with E-state index in [9.17, 15) is 9.59 Å². The van der Waals surface area contributed by atoms with Crippen molar-refractivity contribution in [1.29, 1.82) is 0 Å². The minimum Gasteiger partial charge on any atom is -0.481 e. The number of nitrogens with one attached hydrogen (secondary N) is 1. The number of benzene rings is 1. The topological polar surface area (TPSA) is 71.3 Å². The van der Waals surface area contributed by atoms with Gasteiger partial charge in [-0.05, 0) is 50.2 Å². The summed E-state index contributed by atoms with van der Waals surface area (Å²) in [6, 6.07) is 10.6. The van der Waals surface area contributed by atoms with Gasteiger partial charge in [-0.2, -0.15) is 0 Å². The summed E-state index contributed by atoms with van der Waals surface area (Å²) in [4.78, 5) is 22.9. The van der Waals surface area contributed by atoms with E-state index in [2.05, 4.69) is 5.32 Å². The van der Waals surface area contributed by atoms with Gasteiger partial charge in [-0.1, -0.05) is 0 Å². The van der Waals surface area contributed by atoms with Crippen LogP contribution in [-0.4, -0.2) is 27.6 Å². The zero-order valence-corrected chi connectivity index (χ0v) is 12.0. The maximum absolute atomic E-state index is 12.1. The lowest BCUT2D eigenvalue weighted by Crippen LogP contribution is -2.40. The number of rotatable bonds is 5. The van der Waals surface area contributed by atoms with Crippen LogP contribution in [0.3, 0.4) is 0 Å². The van der Waals surface area contributed by atoms with Crippen LogP contribution in [0, 0.1) is 5.92 Å². The molecular weight excluding hydrogens is 268 g/mol. The van der Waals surface area contributed by atoms with Crippen molar-refractivity contribution in [2.24, 2.45) is 5.92 Å². The number of aromatic nitrogens is 1. The molecule has 21 heavy (non-hydrogen) atoms. The average Bonchev–Trinajstić information content (AvgIpc) is 3.00. The molecular formula is C16H18N2O3. The number of hydrogen-bond acceptors (Lipinski definition) is 2. The molecule has 2 atom stereocenters. The molecule has 0 radical (unpaired) electrons. The molecule has 5 nitrogen and oxygen atoms in total. The fourth-order valence-corrected chi connectivity index (χ4v) is 1.92. The van der Waals surface area contributed by atoms with Crippen molar-refractivity contribution in [2.75, 3.05) is 0 Å². The van der Waals surface area contributed by atoms with E-state index in [0.29, 0.717) is 5.56 Å². The third kappa shape index (κ3) is 3.51. The second kappa shape index (κ2) is 6.26. The number of aliphatic carboxylic acids is 1. The predicted octanol–water partition coefficient (Wildman–Crippen LogP) is 2.32. The van der Waals surface area contributed by atoms with Gasteiger partial charge >= 0.3 is 5.97 Å². The first-order chi connectivity index (χ1) is 9.99. The Hall–Kier alpha value is -2.56. The van der Waals surface area contributed by atoms with Gasteiger partial charge in [0.25, 0.3) is 5.91 Å². The first kappa shape index (κ1) is 14.8. The highest BCUT2D eigenvalue weighted by Gasteiger charge is 2.21. The van der Waals surface area contributed by atoms with Crippen molar-refractivity contribution >= 4 is 11.9 Å². The van der Waals surface area contributed by atoms with E-state index in [4.69, 9.17) is 5.11 Å². The molecule has 2 rings (SSSR count). The summed E-state index contributed by atoms with van der Waals surface area (Å²) in [6.07, 6.45) is 3.84. The molecule has 2 unspecified atom stereocenters. The van der Waals surface area contributed by atoms with Crippen LogP contribution in [-0.2, 0) is 4.79 Å². The van der Waals surface area contributed by atoms with Crippen LogP contribution in [0.25, 0.3) is 5.69 Å². The van der Waals surface area contributed by atoms with E-state index in [1.165, 1.54) is 0 Å². The van der Waals surface area contributed by atoms with Gasteiger partial charge in [0, 0.05) is 29.7 Å². The third-order valence-corrected chi connectivity index (χ3v) is 3.53. The molecule has 5 heteroatoms. The zero-order chi connectivity index (χ0) is 15.4. The third-order valence-electron chi connectivity index (χ3n) is 3.53. The molecule has 0 saturated heterocycles. The first-order valence-electron chi connectivity index (χ1n) is 6.76. The van der Waals surface area contributed by atoms with Crippen LogP contribution >= 0.6 is 0 Å². The maximum atomic E-state index is 12.1. The van der Waals surface area contributed by atoms with Crippen molar-refractivity contribution < 1.29 is 14.7 Å². The van der Waals surface area contributed by atoms with Gasteiger partial charge in [0.1, 0.15) is 0 Å². The maximum Gasteiger partial charge on any atom is 0.308 e. The zero-order valence-electron chi connectivity index (χ0n) is 12.0. The molecule has 1 aromatic heterocycles. The number of carboxylic acid groups (broad SMARTS) is 1. The van der Waals surface area contributed by atoms with Crippen molar-refractivity contribution in [1.82, 2.24) is 9.88 Å². The number of carboxylic acids is 1. The normalized spacial score (nSPS) is 13.4. The van der Waals surface area contributed by atoms with Crippen LogP contribution in [0.5, 0.6) is 0 Å². The van der Waals surface area contributed by atoms with Gasteiger partial charge in [-0.3, -0.25) is 9.59 Å². The SMILES string of the molecule is CC(NC(=O)c1ccc(-n2cccc2)cc1)C(C)C(=O)O. The monoisotopic (exact) mass is 286 g/mol. The summed E-state index contributed by atoms with van der Waals surface area (Å²) in [5.41, 5.74) is 1.47. The lowest BCUT2D eigenvalue weighted by Gasteiger charge is -2.17. The van der Waals surface area contributed by atoms with Gasteiger partial charge < -0.3 is 15.0 Å². The molecule has 2 aromatic rings. The van der Waals surface area contributed by atoms with Crippen molar-refractivity contribution in [3.05, 3.63) is 54.4 Å². The molecule has 0 spiro atoms. The van der Waals surface area contributed by atoms with Crippen molar-refractivity contribution in [3.63, 3.8) is 0 Å². The van der Waals surface area contributed by atoms with Crippen LogP contribution in [0.1, 0.15) is 24.2 Å². The van der Waals surface area contributed by atoms with Crippen LogP contribution < -0.4 is 5.32 Å². The number of amides is 1. The highest BCUT2D eigenvalue weighted by molar-refractivity contribution is 5.94. The predicted molar refractivity (Wildman–Crippen MR) is 79.5 cm³/mol. The van der Waals surface area contributed by atoms with Crippen LogP contribution in [0.4, 0.5) is 0 Å². The smallest absolute Gasteiger partial charge is 0.308 e. The summed E-state index contributed by atoms with van der Waals surface area (Å²) in [7, 11) is 0. The molecule has 1 heterocycles. The Balaban J connectivity index is 2.05. The van der Waals surface area contributed by atoms with Crippen LogP contribution in [0.15, 0.2) is 48.8 Å². The summed E-state index contributed by atoms with van der Waals surface area (Å²) >= 11 is 0. The molecule has 110 valence electrons. The molecule has 0 fully saturated rings. The second-order valence-corrected chi connectivity index (χ2v) is 5.03. The highest BCUT2D eigenvalue weighted by atomic mass is 16.4. The van der Waals surface area contributed by atoms with E-state index in [0.717, 1.165) is 5.69 Å². The molecule has 1 aromatic carbocycles. The number of carbonyl (C=O) groups is 2. The largest absolute Gasteiger partial charge is 0.481 e. The van der Waals surface area contributed by atoms with Gasteiger partial charge in [-0.25, -0.2) is 0 Å². The Morgan fingerprint density at radius 1 is 1.10 bits per heavy atom. The summed E-state index contributed by atoms with van der Waals surface area (Å²) in [5, 5.41) is 11.6. The molecule has 2 N–H and O–H groups in total. The summed E-state index contributed by atoms with van der Waals surface area (Å²) in [5.74, 6) is -1.83. The van der Waals surface area contributed by atoms with Gasteiger partial charge in [0.2, 0.25) is 0 Å². The number of hydrogen-bond donors (Lipinski definition) is 2. The fourth-order valence-electron chi connectivity index (χ4n) is 1.92. The Labute approximate surface area is 123 Å². The van der Waals surface area contributed by atoms with Crippen molar-refractivity contribution in [3.8, 4) is 5.69 Å². The molecule has 1 amide bonds. The van der Waals surface area contributed by atoms with E-state index in [1.807, 2.05) is 41.2 Å². The first-order valence-corrected chi connectivity index (χ1v) is 6.76. The molecule has 0 saturated carbocycles. The van der Waals surface area contributed by atoms with E-state index < -0.39 is 17.9 Å². The molecule has 0 bridgehead atoms. The average molecular weight is 286 g/mol. The lowest BCUT2D eigenvalue weighted by atomic mass is 10.0. The van der Waals surface area contributed by atoms with E-state index >= 15 is 0 Å². The summed E-state index contributed by atoms with van der Waals surface area (Å²) in [6.45, 7) is 3.26. The molecule has 0 aliphatic rings. The molecule has 0 aliphatic heterocycles. The lowest BCUT2D eigenvalue weighted by molar-refractivity contribution is -0.141. The van der Waals surface area contributed by atoms with Gasteiger partial charge in [-0.15, -0.1) is 0 Å². The Morgan fingerprint density at radius 2 is 1.67 bits per heavy atom. The minimum absolute atomic E-state index is 0.269. The highest BCUT2D eigenvalue weighted by Crippen LogP contribution is 2.11. The van der Waals surface area contributed by atoms with Gasteiger partial charge in [0.15, 0.2) is 0 Å². The van der Waals surface area contributed by atoms with E-state index in [-0.39, 0.29) is 5.91 Å². The minimum atomic E-state index is -0.925. The van der Waals surface area contributed by atoms with E-state index in [1.54, 1.807) is 26.0 Å². The fraction of sp³-hybridized carbons (Fsp3) is 0.250. The number of nitrogens with zero attached hydrogens (tertiary/aromatic N) is 1. The summed E-state index contributed by atoms with van der Waals surface area (Å²) < 4.78 is 1.94.